The lowest BCUT2D eigenvalue weighted by Crippen LogP contribution is -2.06. The lowest BCUT2D eigenvalue weighted by Gasteiger charge is -2.15. The van der Waals surface area contributed by atoms with Crippen molar-refractivity contribution in [1.82, 2.24) is 24.6 Å². The molecule has 0 amide bonds. The van der Waals surface area contributed by atoms with E-state index in [9.17, 15) is 0 Å². The highest BCUT2D eigenvalue weighted by Gasteiger charge is 2.12. The molecule has 6 aromatic rings. The van der Waals surface area contributed by atoms with Crippen LogP contribution >= 0.6 is 11.6 Å². The largest absolute Gasteiger partial charge is 0.383 e. The molecule has 0 fully saturated rings. The van der Waals surface area contributed by atoms with Gasteiger partial charge in [0.1, 0.15) is 11.6 Å². The van der Waals surface area contributed by atoms with Gasteiger partial charge >= 0.3 is 0 Å². The van der Waals surface area contributed by atoms with Crippen LogP contribution in [0, 0.1) is 13.8 Å². The maximum Gasteiger partial charge on any atom is 0.160 e. The van der Waals surface area contributed by atoms with E-state index in [-0.39, 0.29) is 0 Å². The number of rotatable bonds is 5. The summed E-state index contributed by atoms with van der Waals surface area (Å²) in [4.78, 5) is 8.61. The maximum absolute atomic E-state index is 6.13. The number of aryl methyl sites for hydroxylation is 2. The molecule has 0 saturated heterocycles. The van der Waals surface area contributed by atoms with Gasteiger partial charge in [0.25, 0.3) is 0 Å². The number of pyridine rings is 3. The number of hydrogen-bond acceptors (Lipinski definition) is 6. The Morgan fingerprint density at radius 3 is 2.75 bits per heavy atom. The summed E-state index contributed by atoms with van der Waals surface area (Å²) < 4.78 is 2.04. The van der Waals surface area contributed by atoms with E-state index in [4.69, 9.17) is 17.3 Å². The van der Waals surface area contributed by atoms with E-state index < -0.39 is 0 Å². The lowest BCUT2D eigenvalue weighted by molar-refractivity contribution is 0.934. The fraction of sp³-hybridized carbons (Fsp3) is 0.143. The summed E-state index contributed by atoms with van der Waals surface area (Å²) in [6.07, 6.45) is 6.13. The second-order valence-corrected chi connectivity index (χ2v) is 9.50. The molecule has 4 aromatic heterocycles. The van der Waals surface area contributed by atoms with Gasteiger partial charge in [-0.1, -0.05) is 17.7 Å². The Morgan fingerprint density at radius 2 is 1.86 bits per heavy atom. The third-order valence-corrected chi connectivity index (χ3v) is 6.94. The molecule has 0 saturated carbocycles. The molecule has 2 aromatic carbocycles. The molecular weight excluding hydrogens is 470 g/mol. The van der Waals surface area contributed by atoms with Gasteiger partial charge in [0.15, 0.2) is 5.65 Å². The van der Waals surface area contributed by atoms with E-state index in [1.165, 1.54) is 16.7 Å². The molecule has 0 aliphatic heterocycles. The topological polar surface area (TPSA) is 94.0 Å². The molecule has 0 radical (unpaired) electrons. The second kappa shape index (κ2) is 8.77. The van der Waals surface area contributed by atoms with Gasteiger partial charge in [0, 0.05) is 42.3 Å². The first-order chi connectivity index (χ1) is 17.5. The van der Waals surface area contributed by atoms with Crippen LogP contribution in [0.4, 0.5) is 11.5 Å². The number of aromatic nitrogens is 5. The van der Waals surface area contributed by atoms with Crippen LogP contribution in [0.25, 0.3) is 27.3 Å². The van der Waals surface area contributed by atoms with E-state index in [2.05, 4.69) is 63.7 Å². The summed E-state index contributed by atoms with van der Waals surface area (Å²) in [5.41, 5.74) is 13.6. The van der Waals surface area contributed by atoms with E-state index in [1.807, 2.05) is 34.7 Å². The predicted molar refractivity (Wildman–Crippen MR) is 146 cm³/mol. The van der Waals surface area contributed by atoms with Crippen molar-refractivity contribution in [1.29, 1.82) is 0 Å². The summed E-state index contributed by atoms with van der Waals surface area (Å²) in [7, 11) is 0. The third kappa shape index (κ3) is 3.97. The Hall–Kier alpha value is -4.23. The van der Waals surface area contributed by atoms with E-state index in [1.54, 1.807) is 12.4 Å². The molecule has 0 unspecified atom stereocenters. The van der Waals surface area contributed by atoms with Crippen molar-refractivity contribution in [2.75, 3.05) is 11.1 Å². The van der Waals surface area contributed by atoms with Gasteiger partial charge in [-0.15, -0.1) is 10.2 Å². The molecule has 0 bridgehead atoms. The highest BCUT2D eigenvalue weighted by Crippen LogP contribution is 2.28. The minimum atomic E-state index is 0.564. The average molecular weight is 494 g/mol. The lowest BCUT2D eigenvalue weighted by atomic mass is 9.96. The van der Waals surface area contributed by atoms with Crippen molar-refractivity contribution in [2.45, 2.75) is 26.8 Å². The summed E-state index contributed by atoms with van der Waals surface area (Å²) in [5.74, 6) is 1.43. The van der Waals surface area contributed by atoms with Gasteiger partial charge in [-0.05, 0) is 84.0 Å². The van der Waals surface area contributed by atoms with Crippen LogP contribution in [-0.2, 0) is 13.0 Å². The van der Waals surface area contributed by atoms with E-state index in [0.717, 1.165) is 44.4 Å². The molecule has 0 spiro atoms. The number of nitrogens with zero attached hydrogens (tertiary/aromatic N) is 5. The van der Waals surface area contributed by atoms with Crippen LogP contribution in [0.2, 0.25) is 5.02 Å². The minimum absolute atomic E-state index is 0.564. The highest BCUT2D eigenvalue weighted by atomic mass is 35.5. The summed E-state index contributed by atoms with van der Waals surface area (Å²) in [5, 5.41) is 16.1. The quantitative estimate of drug-likeness (QED) is 0.311. The van der Waals surface area contributed by atoms with Crippen molar-refractivity contribution in [2.24, 2.45) is 0 Å². The maximum atomic E-state index is 6.13. The first kappa shape index (κ1) is 22.2. The van der Waals surface area contributed by atoms with Crippen molar-refractivity contribution < 1.29 is 0 Å². The van der Waals surface area contributed by atoms with Gasteiger partial charge in [0.2, 0.25) is 0 Å². The Balaban J connectivity index is 1.28. The molecule has 8 heteroatoms. The van der Waals surface area contributed by atoms with Gasteiger partial charge in [-0.3, -0.25) is 9.38 Å². The van der Waals surface area contributed by atoms with Gasteiger partial charge in [-0.2, -0.15) is 0 Å². The standard InChI is InChI=1S/C28H24ClN7/c1-16-9-23-22(7-8-31-28(23)30)17(2)24(16)14-32-21-4-6-26-34-35-27(36(26)15-21)11-18-3-5-25-19(10-18)12-20(29)13-33-25/h3-10,12-13,15,32H,11,14H2,1-2H3,(H2,30,31). The Kier molecular flexibility index (Phi) is 5.42. The van der Waals surface area contributed by atoms with Crippen LogP contribution in [0.5, 0.6) is 0 Å². The van der Waals surface area contributed by atoms with Crippen LogP contribution < -0.4 is 11.1 Å². The second-order valence-electron chi connectivity index (χ2n) is 9.06. The number of halogens is 1. The smallest absolute Gasteiger partial charge is 0.160 e. The first-order valence-corrected chi connectivity index (χ1v) is 12.1. The number of hydrogen-bond donors (Lipinski definition) is 2. The van der Waals surface area contributed by atoms with Crippen molar-refractivity contribution in [3.05, 3.63) is 100 Å². The first-order valence-electron chi connectivity index (χ1n) is 11.7. The van der Waals surface area contributed by atoms with Gasteiger partial charge in [0.05, 0.1) is 16.2 Å². The van der Waals surface area contributed by atoms with Crippen LogP contribution in [0.15, 0.2) is 67.1 Å². The molecular formula is C28H24ClN7. The van der Waals surface area contributed by atoms with Crippen LogP contribution in [-0.4, -0.2) is 24.6 Å². The predicted octanol–water partition coefficient (Wildman–Crippen LogP) is 5.88. The molecule has 3 N–H and O–H groups in total. The van der Waals surface area contributed by atoms with Gasteiger partial charge in [-0.25, -0.2) is 4.98 Å². The summed E-state index contributed by atoms with van der Waals surface area (Å²) in [6.45, 7) is 4.94. The average Bonchev–Trinajstić information content (AvgIpc) is 3.26. The van der Waals surface area contributed by atoms with Crippen LogP contribution in [0.1, 0.15) is 28.1 Å². The number of benzene rings is 2. The highest BCUT2D eigenvalue weighted by molar-refractivity contribution is 6.31. The zero-order valence-electron chi connectivity index (χ0n) is 20.0. The number of nitrogens with one attached hydrogen (secondary N) is 1. The molecule has 0 atom stereocenters. The summed E-state index contributed by atoms with van der Waals surface area (Å²) in [6, 6.07) is 16.3. The van der Waals surface area contributed by atoms with Crippen LogP contribution in [0.3, 0.4) is 0 Å². The van der Waals surface area contributed by atoms with E-state index in [0.29, 0.717) is 23.8 Å². The molecule has 178 valence electrons. The van der Waals surface area contributed by atoms with Crippen molar-refractivity contribution in [3.8, 4) is 0 Å². The minimum Gasteiger partial charge on any atom is -0.383 e. The zero-order chi connectivity index (χ0) is 24.8. The normalized spacial score (nSPS) is 11.5. The van der Waals surface area contributed by atoms with Crippen molar-refractivity contribution >= 4 is 50.4 Å². The van der Waals surface area contributed by atoms with Gasteiger partial charge < -0.3 is 11.1 Å². The molecule has 0 aliphatic carbocycles. The number of anilines is 2. The number of nitrogen functional groups attached to an aromatic ring is 1. The number of nitrogens with two attached hydrogens (primary N) is 1. The van der Waals surface area contributed by atoms with E-state index >= 15 is 0 Å². The molecule has 6 rings (SSSR count). The molecule has 36 heavy (non-hydrogen) atoms. The fourth-order valence-corrected chi connectivity index (χ4v) is 4.97. The Bertz CT molecular complexity index is 1770. The zero-order valence-corrected chi connectivity index (χ0v) is 20.7. The Labute approximate surface area is 213 Å². The Morgan fingerprint density at radius 1 is 0.972 bits per heavy atom. The molecule has 7 nitrogen and oxygen atoms in total. The molecule has 4 heterocycles. The van der Waals surface area contributed by atoms with Crippen molar-refractivity contribution in [3.63, 3.8) is 0 Å². The SMILES string of the molecule is Cc1cc2c(N)nccc2c(C)c1CNc1ccc2nnc(Cc3ccc4ncc(Cl)cc4c3)n2c1. The monoisotopic (exact) mass is 493 g/mol. The number of fused-ring (bicyclic) bond motifs is 3. The third-order valence-electron chi connectivity index (χ3n) is 6.73. The molecule has 0 aliphatic rings. The fourth-order valence-electron chi connectivity index (χ4n) is 4.80. The summed E-state index contributed by atoms with van der Waals surface area (Å²) >= 11 is 6.13.